The third kappa shape index (κ3) is 2.06. The Kier molecular flexibility index (Phi) is 2.82. The van der Waals surface area contributed by atoms with Crippen LogP contribution in [0.5, 0.6) is 0 Å². The molecule has 3 rings (SSSR count). The molecule has 0 aromatic carbocycles. The summed E-state index contributed by atoms with van der Waals surface area (Å²) in [5, 5.41) is 2.18. The fourth-order valence-corrected chi connectivity index (χ4v) is 3.08. The number of hydrogen-bond acceptors (Lipinski definition) is 4. The third-order valence-electron chi connectivity index (χ3n) is 3.19. The first-order chi connectivity index (χ1) is 8.36. The van der Waals surface area contributed by atoms with Gasteiger partial charge in [0.1, 0.15) is 0 Å². The molecule has 4 heteroatoms. The lowest BCUT2D eigenvalue weighted by Crippen LogP contribution is -2.29. The summed E-state index contributed by atoms with van der Waals surface area (Å²) in [5.74, 6) is 0. The van der Waals surface area contributed by atoms with Crippen LogP contribution in [0, 0.1) is 0 Å². The van der Waals surface area contributed by atoms with E-state index in [1.165, 1.54) is 16.1 Å². The minimum atomic E-state index is 0.509. The Hall–Kier alpha value is -1.39. The van der Waals surface area contributed by atoms with E-state index >= 15 is 0 Å². The maximum atomic E-state index is 5.55. The largest absolute Gasteiger partial charge is 0.366 e. The average molecular weight is 245 g/mol. The lowest BCUT2D eigenvalue weighted by molar-refractivity contribution is 0.741. The van der Waals surface area contributed by atoms with E-state index in [0.717, 1.165) is 25.2 Å². The maximum absolute atomic E-state index is 5.55. The normalized spacial score (nSPS) is 14.8. The third-order valence-corrected chi connectivity index (χ3v) is 4.21. The number of aromatic nitrogens is 1. The second-order valence-electron chi connectivity index (χ2n) is 4.25. The van der Waals surface area contributed by atoms with Crippen molar-refractivity contribution in [1.82, 2.24) is 4.98 Å². The molecule has 3 nitrogen and oxygen atoms in total. The van der Waals surface area contributed by atoms with Crippen LogP contribution < -0.4 is 10.6 Å². The highest BCUT2D eigenvalue weighted by Gasteiger charge is 2.17. The van der Waals surface area contributed by atoms with E-state index in [0.29, 0.717) is 6.54 Å². The Morgan fingerprint density at radius 2 is 2.29 bits per heavy atom. The van der Waals surface area contributed by atoms with Crippen molar-refractivity contribution in [2.45, 2.75) is 19.5 Å². The molecule has 1 aliphatic heterocycles. The summed E-state index contributed by atoms with van der Waals surface area (Å²) >= 11 is 1.87. The zero-order valence-corrected chi connectivity index (χ0v) is 10.4. The van der Waals surface area contributed by atoms with Gasteiger partial charge >= 0.3 is 0 Å². The Bertz CT molecular complexity index is 504. The summed E-state index contributed by atoms with van der Waals surface area (Å²) < 4.78 is 0. The predicted molar refractivity (Wildman–Crippen MR) is 71.2 cm³/mol. The molecule has 0 aliphatic carbocycles. The molecule has 0 spiro atoms. The molecule has 0 saturated heterocycles. The lowest BCUT2D eigenvalue weighted by Gasteiger charge is -2.28. The minimum Gasteiger partial charge on any atom is -0.366 e. The first-order valence-corrected chi connectivity index (χ1v) is 6.70. The highest BCUT2D eigenvalue weighted by Crippen LogP contribution is 2.27. The molecule has 0 radical (unpaired) electrons. The summed E-state index contributed by atoms with van der Waals surface area (Å²) in [6, 6.07) is 6.36. The van der Waals surface area contributed by atoms with E-state index in [-0.39, 0.29) is 0 Å². The van der Waals surface area contributed by atoms with Gasteiger partial charge < -0.3 is 10.6 Å². The van der Waals surface area contributed by atoms with Gasteiger partial charge in [-0.05, 0) is 35.6 Å². The Morgan fingerprint density at radius 1 is 1.35 bits per heavy atom. The van der Waals surface area contributed by atoms with Gasteiger partial charge in [-0.2, -0.15) is 0 Å². The summed E-state index contributed by atoms with van der Waals surface area (Å²) in [6.45, 7) is 2.59. The predicted octanol–water partition coefficient (Wildman–Crippen LogP) is 2.16. The second-order valence-corrected chi connectivity index (χ2v) is 5.25. The van der Waals surface area contributed by atoms with Crippen LogP contribution in [-0.4, -0.2) is 11.5 Å². The number of nitrogens with two attached hydrogens (primary N) is 1. The molecule has 2 aromatic rings. The van der Waals surface area contributed by atoms with Gasteiger partial charge in [0.25, 0.3) is 0 Å². The number of hydrogen-bond donors (Lipinski definition) is 1. The molecule has 0 saturated carbocycles. The van der Waals surface area contributed by atoms with Gasteiger partial charge in [-0.15, -0.1) is 11.3 Å². The monoisotopic (exact) mass is 245 g/mol. The van der Waals surface area contributed by atoms with Crippen LogP contribution >= 0.6 is 11.3 Å². The second kappa shape index (κ2) is 4.47. The van der Waals surface area contributed by atoms with Crippen LogP contribution in [0.15, 0.2) is 29.8 Å². The molecule has 17 heavy (non-hydrogen) atoms. The molecule has 2 N–H and O–H groups in total. The number of fused-ring (bicyclic) bond motifs is 1. The van der Waals surface area contributed by atoms with Crippen molar-refractivity contribution in [3.63, 3.8) is 0 Å². The SMILES string of the molecule is NCc1ccc(N2CCc3sccc3C2)cn1. The van der Waals surface area contributed by atoms with Crippen LogP contribution in [0.4, 0.5) is 5.69 Å². The van der Waals surface area contributed by atoms with E-state index in [9.17, 15) is 0 Å². The van der Waals surface area contributed by atoms with E-state index in [1.54, 1.807) is 0 Å². The van der Waals surface area contributed by atoms with Crippen LogP contribution in [-0.2, 0) is 19.5 Å². The van der Waals surface area contributed by atoms with Gasteiger partial charge in [0, 0.05) is 24.5 Å². The molecule has 2 aromatic heterocycles. The molecule has 1 aliphatic rings. The summed E-state index contributed by atoms with van der Waals surface area (Å²) in [6.07, 6.45) is 3.07. The Morgan fingerprint density at radius 3 is 3.06 bits per heavy atom. The maximum Gasteiger partial charge on any atom is 0.0556 e. The molecular formula is C13H15N3S. The van der Waals surface area contributed by atoms with E-state index in [2.05, 4.69) is 27.4 Å². The van der Waals surface area contributed by atoms with Crippen molar-refractivity contribution >= 4 is 17.0 Å². The molecule has 3 heterocycles. The standard InChI is InChI=1S/C13H15N3S/c14-7-11-1-2-12(8-15-11)16-5-3-13-10(9-16)4-6-17-13/h1-2,4,6,8H,3,5,7,9,14H2. The van der Waals surface area contributed by atoms with Crippen molar-refractivity contribution in [3.05, 3.63) is 45.9 Å². The topological polar surface area (TPSA) is 42.1 Å². The van der Waals surface area contributed by atoms with Crippen molar-refractivity contribution in [3.8, 4) is 0 Å². The quantitative estimate of drug-likeness (QED) is 0.881. The highest BCUT2D eigenvalue weighted by atomic mass is 32.1. The summed E-state index contributed by atoms with van der Waals surface area (Å²) in [5.41, 5.74) is 9.15. The van der Waals surface area contributed by atoms with E-state index in [4.69, 9.17) is 5.73 Å². The number of rotatable bonds is 2. The fraction of sp³-hybridized carbons (Fsp3) is 0.308. The zero-order chi connectivity index (χ0) is 11.7. The zero-order valence-electron chi connectivity index (χ0n) is 9.60. The van der Waals surface area contributed by atoms with E-state index < -0.39 is 0 Å². The van der Waals surface area contributed by atoms with Crippen LogP contribution in [0.1, 0.15) is 16.1 Å². The van der Waals surface area contributed by atoms with Crippen molar-refractivity contribution in [2.24, 2.45) is 5.73 Å². The van der Waals surface area contributed by atoms with Crippen molar-refractivity contribution in [2.75, 3.05) is 11.4 Å². The number of pyridine rings is 1. The fourth-order valence-electron chi connectivity index (χ4n) is 2.19. The van der Waals surface area contributed by atoms with Gasteiger partial charge in [0.15, 0.2) is 0 Å². The lowest BCUT2D eigenvalue weighted by atomic mass is 10.1. The van der Waals surface area contributed by atoms with Crippen LogP contribution in [0.2, 0.25) is 0 Å². The van der Waals surface area contributed by atoms with Crippen molar-refractivity contribution < 1.29 is 0 Å². The molecule has 0 atom stereocenters. The molecule has 0 bridgehead atoms. The molecular weight excluding hydrogens is 230 g/mol. The Labute approximate surface area is 105 Å². The molecule has 0 fully saturated rings. The summed E-state index contributed by atoms with van der Waals surface area (Å²) in [4.78, 5) is 8.26. The highest BCUT2D eigenvalue weighted by molar-refractivity contribution is 7.10. The first kappa shape index (κ1) is 10.7. The first-order valence-electron chi connectivity index (χ1n) is 5.82. The number of thiophene rings is 1. The number of anilines is 1. The van der Waals surface area contributed by atoms with E-state index in [1.807, 2.05) is 23.6 Å². The van der Waals surface area contributed by atoms with Crippen molar-refractivity contribution in [1.29, 1.82) is 0 Å². The number of nitrogens with zero attached hydrogens (tertiary/aromatic N) is 2. The minimum absolute atomic E-state index is 0.509. The van der Waals surface area contributed by atoms with Gasteiger partial charge in [-0.1, -0.05) is 0 Å². The van der Waals surface area contributed by atoms with Gasteiger partial charge in [0.2, 0.25) is 0 Å². The molecule has 88 valence electrons. The summed E-state index contributed by atoms with van der Waals surface area (Å²) in [7, 11) is 0. The van der Waals surface area contributed by atoms with Gasteiger partial charge in [-0.25, -0.2) is 0 Å². The Balaban J connectivity index is 1.81. The van der Waals surface area contributed by atoms with Gasteiger partial charge in [0.05, 0.1) is 17.6 Å². The average Bonchev–Trinajstić information content (AvgIpc) is 2.86. The smallest absolute Gasteiger partial charge is 0.0556 e. The van der Waals surface area contributed by atoms with Crippen LogP contribution in [0.3, 0.4) is 0 Å². The molecule has 0 unspecified atom stereocenters. The van der Waals surface area contributed by atoms with Crippen LogP contribution in [0.25, 0.3) is 0 Å². The molecule has 0 amide bonds. The van der Waals surface area contributed by atoms with Gasteiger partial charge in [-0.3, -0.25) is 4.98 Å².